The summed E-state index contributed by atoms with van der Waals surface area (Å²) in [5, 5.41) is 6.09. The van der Waals surface area contributed by atoms with E-state index in [-0.39, 0.29) is 24.8 Å². The Morgan fingerprint density at radius 2 is 2.15 bits per heavy atom. The van der Waals surface area contributed by atoms with Crippen molar-refractivity contribution in [3.05, 3.63) is 23.7 Å². The number of imidazole rings is 1. The molecule has 0 aromatic carbocycles. The number of rotatable bonds is 7. The summed E-state index contributed by atoms with van der Waals surface area (Å²) in [7, 11) is 3.29. The topological polar surface area (TPSA) is 98.1 Å². The fraction of sp³-hybridized carbons (Fsp3) is 0.579. The minimum absolute atomic E-state index is 0.141. The van der Waals surface area contributed by atoms with E-state index in [1.165, 1.54) is 20.0 Å². The molecule has 1 fully saturated rings. The zero-order valence-electron chi connectivity index (χ0n) is 16.0. The Bertz CT molecular complexity index is 811. The number of hydrogen-bond acceptors (Lipinski definition) is 6. The van der Waals surface area contributed by atoms with Gasteiger partial charge in [0.25, 0.3) is 5.91 Å². The summed E-state index contributed by atoms with van der Waals surface area (Å²) in [6, 6.07) is 1.75. The monoisotopic (exact) mass is 373 g/mol. The number of fused-ring (bicyclic) bond motifs is 1. The number of carbonyl (C=O) groups is 2. The maximum absolute atomic E-state index is 12.2. The maximum atomic E-state index is 12.2. The summed E-state index contributed by atoms with van der Waals surface area (Å²) < 4.78 is 6.57. The number of carbonyl (C=O) groups excluding carboxylic acids is 2. The fourth-order valence-electron chi connectivity index (χ4n) is 3.46. The number of piperidine rings is 1. The van der Waals surface area contributed by atoms with Crippen molar-refractivity contribution in [1.82, 2.24) is 25.2 Å². The van der Waals surface area contributed by atoms with E-state index < -0.39 is 0 Å². The fourth-order valence-corrected chi connectivity index (χ4v) is 3.46. The SMILES string of the molecule is COC(=O)CCNC(=O)c1cnc2c(c1)nc(CCC1CCNCC1)n2C. The van der Waals surface area contributed by atoms with Gasteiger partial charge in [0.05, 0.1) is 19.1 Å². The van der Waals surface area contributed by atoms with Crippen LogP contribution in [0, 0.1) is 5.92 Å². The molecule has 0 unspecified atom stereocenters. The second kappa shape index (κ2) is 8.94. The number of amides is 1. The van der Waals surface area contributed by atoms with Crippen LogP contribution < -0.4 is 10.6 Å². The lowest BCUT2D eigenvalue weighted by Gasteiger charge is -2.22. The van der Waals surface area contributed by atoms with Crippen LogP contribution in [0.3, 0.4) is 0 Å². The van der Waals surface area contributed by atoms with Gasteiger partial charge in [-0.25, -0.2) is 9.97 Å². The lowest BCUT2D eigenvalue weighted by atomic mass is 9.93. The molecule has 146 valence electrons. The molecule has 8 heteroatoms. The largest absolute Gasteiger partial charge is 0.469 e. The first kappa shape index (κ1) is 19.3. The van der Waals surface area contributed by atoms with E-state index in [0.717, 1.165) is 48.8 Å². The van der Waals surface area contributed by atoms with Crippen molar-refractivity contribution in [2.45, 2.75) is 32.1 Å². The van der Waals surface area contributed by atoms with Crippen molar-refractivity contribution in [2.75, 3.05) is 26.7 Å². The molecule has 27 heavy (non-hydrogen) atoms. The van der Waals surface area contributed by atoms with Gasteiger partial charge in [-0.1, -0.05) is 0 Å². The number of esters is 1. The van der Waals surface area contributed by atoms with Gasteiger partial charge in [0.1, 0.15) is 11.3 Å². The Morgan fingerprint density at radius 1 is 1.37 bits per heavy atom. The first-order chi connectivity index (χ1) is 13.1. The van der Waals surface area contributed by atoms with Crippen molar-refractivity contribution < 1.29 is 14.3 Å². The molecule has 0 radical (unpaired) electrons. The number of aryl methyl sites for hydroxylation is 2. The van der Waals surface area contributed by atoms with Gasteiger partial charge >= 0.3 is 5.97 Å². The van der Waals surface area contributed by atoms with Gasteiger partial charge in [-0.3, -0.25) is 9.59 Å². The third-order valence-electron chi connectivity index (χ3n) is 5.14. The van der Waals surface area contributed by atoms with Crippen molar-refractivity contribution in [2.24, 2.45) is 13.0 Å². The van der Waals surface area contributed by atoms with E-state index in [2.05, 4.69) is 20.4 Å². The van der Waals surface area contributed by atoms with E-state index in [4.69, 9.17) is 4.98 Å². The van der Waals surface area contributed by atoms with Crippen molar-refractivity contribution in [3.8, 4) is 0 Å². The van der Waals surface area contributed by atoms with Crippen LogP contribution in [0.4, 0.5) is 0 Å². The van der Waals surface area contributed by atoms with Gasteiger partial charge in [-0.2, -0.15) is 0 Å². The lowest BCUT2D eigenvalue weighted by molar-refractivity contribution is -0.140. The van der Waals surface area contributed by atoms with Crippen LogP contribution in [0.1, 0.15) is 41.9 Å². The third kappa shape index (κ3) is 4.82. The van der Waals surface area contributed by atoms with Crippen LogP contribution in [0.2, 0.25) is 0 Å². The summed E-state index contributed by atoms with van der Waals surface area (Å²) in [5.74, 6) is 1.12. The number of pyridine rings is 1. The number of nitrogens with one attached hydrogen (secondary N) is 2. The number of hydrogen-bond donors (Lipinski definition) is 2. The van der Waals surface area contributed by atoms with Gasteiger partial charge in [0, 0.05) is 26.2 Å². The minimum Gasteiger partial charge on any atom is -0.469 e. The van der Waals surface area contributed by atoms with Crippen LogP contribution in [0.15, 0.2) is 12.3 Å². The molecule has 0 spiro atoms. The quantitative estimate of drug-likeness (QED) is 0.708. The average molecular weight is 373 g/mol. The van der Waals surface area contributed by atoms with Crippen LogP contribution in [-0.2, 0) is 23.0 Å². The molecular weight excluding hydrogens is 346 g/mol. The van der Waals surface area contributed by atoms with E-state index in [1.54, 1.807) is 12.3 Å². The number of aromatic nitrogens is 3. The summed E-state index contributed by atoms with van der Waals surface area (Å²) in [6.45, 7) is 2.43. The Balaban J connectivity index is 1.64. The minimum atomic E-state index is -0.355. The predicted molar refractivity (Wildman–Crippen MR) is 101 cm³/mol. The standard InChI is InChI=1S/C19H27N5O3/c1-24-16(4-3-13-5-8-20-9-6-13)23-15-11-14(12-22-18(15)24)19(26)21-10-7-17(25)27-2/h11-13,20H,3-10H2,1-2H3,(H,21,26). The third-order valence-corrected chi connectivity index (χ3v) is 5.14. The Morgan fingerprint density at radius 3 is 2.89 bits per heavy atom. The number of ether oxygens (including phenoxy) is 1. The maximum Gasteiger partial charge on any atom is 0.307 e. The molecule has 2 N–H and O–H groups in total. The van der Waals surface area contributed by atoms with Crippen molar-refractivity contribution in [1.29, 1.82) is 0 Å². The van der Waals surface area contributed by atoms with Crippen LogP contribution in [0.25, 0.3) is 11.2 Å². The van der Waals surface area contributed by atoms with Gasteiger partial charge < -0.3 is 19.9 Å². The number of nitrogens with zero attached hydrogens (tertiary/aromatic N) is 3. The highest BCUT2D eigenvalue weighted by Gasteiger charge is 2.16. The molecule has 8 nitrogen and oxygen atoms in total. The van der Waals surface area contributed by atoms with Gasteiger partial charge in [-0.05, 0) is 44.3 Å². The van der Waals surface area contributed by atoms with Crippen LogP contribution >= 0.6 is 0 Å². The summed E-state index contributed by atoms with van der Waals surface area (Å²) in [6.07, 6.45) is 6.17. The molecule has 3 heterocycles. The second-order valence-corrected chi connectivity index (χ2v) is 6.97. The Kier molecular flexibility index (Phi) is 6.39. The Hall–Kier alpha value is -2.48. The first-order valence-corrected chi connectivity index (χ1v) is 9.45. The smallest absolute Gasteiger partial charge is 0.307 e. The molecule has 0 bridgehead atoms. The van der Waals surface area contributed by atoms with E-state index >= 15 is 0 Å². The summed E-state index contributed by atoms with van der Waals surface area (Å²) in [4.78, 5) is 32.5. The second-order valence-electron chi connectivity index (χ2n) is 6.97. The van der Waals surface area contributed by atoms with Gasteiger partial charge in [0.15, 0.2) is 5.65 Å². The molecule has 1 aliphatic heterocycles. The molecule has 0 saturated carbocycles. The zero-order valence-corrected chi connectivity index (χ0v) is 16.0. The van der Waals surface area contributed by atoms with Crippen LogP contribution in [0.5, 0.6) is 0 Å². The zero-order chi connectivity index (χ0) is 19.2. The Labute approximate surface area is 158 Å². The molecule has 3 rings (SSSR count). The molecule has 1 aliphatic rings. The van der Waals surface area contributed by atoms with E-state index in [0.29, 0.717) is 5.56 Å². The molecule has 1 saturated heterocycles. The summed E-state index contributed by atoms with van der Waals surface area (Å²) in [5.41, 5.74) is 1.94. The molecule has 0 atom stereocenters. The summed E-state index contributed by atoms with van der Waals surface area (Å²) >= 11 is 0. The molecule has 0 aliphatic carbocycles. The predicted octanol–water partition coefficient (Wildman–Crippen LogP) is 1.19. The van der Waals surface area contributed by atoms with E-state index in [1.807, 2.05) is 11.6 Å². The van der Waals surface area contributed by atoms with Gasteiger partial charge in [-0.15, -0.1) is 0 Å². The molecule has 2 aromatic heterocycles. The highest BCUT2D eigenvalue weighted by atomic mass is 16.5. The van der Waals surface area contributed by atoms with Crippen molar-refractivity contribution >= 4 is 23.0 Å². The molecule has 1 amide bonds. The first-order valence-electron chi connectivity index (χ1n) is 9.45. The van der Waals surface area contributed by atoms with Gasteiger partial charge in [0.2, 0.25) is 0 Å². The molecule has 2 aromatic rings. The highest BCUT2D eigenvalue weighted by molar-refractivity contribution is 5.96. The lowest BCUT2D eigenvalue weighted by Crippen LogP contribution is -2.28. The molecular formula is C19H27N5O3. The van der Waals surface area contributed by atoms with E-state index in [9.17, 15) is 9.59 Å². The highest BCUT2D eigenvalue weighted by Crippen LogP contribution is 2.20. The average Bonchev–Trinajstić information content (AvgIpc) is 3.02. The van der Waals surface area contributed by atoms with Crippen molar-refractivity contribution in [3.63, 3.8) is 0 Å². The number of methoxy groups -OCH3 is 1. The van der Waals surface area contributed by atoms with Crippen LogP contribution in [-0.4, -0.2) is 53.2 Å². The normalized spacial score (nSPS) is 15.0.